The summed E-state index contributed by atoms with van der Waals surface area (Å²) < 4.78 is 0. The zero-order valence-corrected chi connectivity index (χ0v) is 18.9. The minimum Gasteiger partial charge on any atom is -0.465 e. The van der Waals surface area contributed by atoms with Crippen molar-refractivity contribution in [3.63, 3.8) is 0 Å². The first-order chi connectivity index (χ1) is 16.2. The summed E-state index contributed by atoms with van der Waals surface area (Å²) in [6, 6.07) is 15.1. The fourth-order valence-corrected chi connectivity index (χ4v) is 3.74. The Morgan fingerprint density at radius 1 is 0.765 bits per heavy atom. The molecule has 0 bridgehead atoms. The molecule has 0 aliphatic carbocycles. The highest BCUT2D eigenvalue weighted by molar-refractivity contribution is 5.82. The van der Waals surface area contributed by atoms with Crippen molar-refractivity contribution < 1.29 is 19.8 Å². The number of hydrogen-bond acceptors (Lipinski definition) is 5. The highest BCUT2D eigenvalue weighted by Crippen LogP contribution is 2.18. The van der Waals surface area contributed by atoms with E-state index in [9.17, 15) is 14.9 Å². The van der Waals surface area contributed by atoms with Crippen molar-refractivity contribution in [1.29, 1.82) is 5.26 Å². The maximum absolute atomic E-state index is 10.9. The van der Waals surface area contributed by atoms with Gasteiger partial charge in [0.2, 0.25) is 0 Å². The van der Waals surface area contributed by atoms with Crippen molar-refractivity contribution in [2.75, 3.05) is 10.6 Å². The van der Waals surface area contributed by atoms with Gasteiger partial charge in [-0.25, -0.2) is 19.6 Å². The number of aromatic nitrogens is 2. The van der Waals surface area contributed by atoms with E-state index < -0.39 is 12.2 Å². The summed E-state index contributed by atoms with van der Waals surface area (Å²) in [5, 5.41) is 31.9. The number of nitriles is 1. The third-order valence-electron chi connectivity index (χ3n) is 5.04. The fraction of sp³-hybridized carbons (Fsp3) is 0.240. The Morgan fingerprint density at radius 3 is 1.59 bits per heavy atom. The van der Waals surface area contributed by atoms with Crippen molar-refractivity contribution in [2.24, 2.45) is 0 Å². The molecule has 3 rings (SSSR count). The lowest BCUT2D eigenvalue weighted by Crippen LogP contribution is -2.10. The minimum atomic E-state index is -1.16. The fourth-order valence-electron chi connectivity index (χ4n) is 3.74. The molecule has 0 spiro atoms. The molecular formula is C25H25N5O4. The van der Waals surface area contributed by atoms with Gasteiger partial charge in [-0.15, -0.1) is 0 Å². The van der Waals surface area contributed by atoms with Gasteiger partial charge in [0.1, 0.15) is 11.6 Å². The molecule has 9 heteroatoms. The molecule has 0 radical (unpaired) electrons. The Kier molecular flexibility index (Phi) is 7.77. The van der Waals surface area contributed by atoms with Gasteiger partial charge in [0, 0.05) is 11.4 Å². The number of anilines is 2. The molecule has 0 unspecified atom stereocenters. The molecule has 0 atom stereocenters. The van der Waals surface area contributed by atoms with Crippen molar-refractivity contribution >= 4 is 23.8 Å². The van der Waals surface area contributed by atoms with Gasteiger partial charge in [-0.05, 0) is 98.2 Å². The van der Waals surface area contributed by atoms with Crippen LogP contribution in [-0.2, 0) is 25.7 Å². The maximum Gasteiger partial charge on any atom is 0.410 e. The summed E-state index contributed by atoms with van der Waals surface area (Å²) in [5.41, 5.74) is 5.85. The summed E-state index contributed by atoms with van der Waals surface area (Å²) >= 11 is 0. The molecule has 2 aromatic heterocycles. The van der Waals surface area contributed by atoms with E-state index in [1.54, 1.807) is 12.1 Å². The van der Waals surface area contributed by atoms with E-state index in [2.05, 4.69) is 26.7 Å². The highest BCUT2D eigenvalue weighted by atomic mass is 16.4. The first-order valence-electron chi connectivity index (χ1n) is 10.7. The summed E-state index contributed by atoms with van der Waals surface area (Å²) in [4.78, 5) is 30.5. The van der Waals surface area contributed by atoms with Crippen LogP contribution in [0, 0.1) is 25.2 Å². The molecule has 4 N–H and O–H groups in total. The predicted molar refractivity (Wildman–Crippen MR) is 127 cm³/mol. The van der Waals surface area contributed by atoms with E-state index in [1.807, 2.05) is 44.2 Å². The third-order valence-corrected chi connectivity index (χ3v) is 5.04. The number of benzene rings is 1. The number of pyridine rings is 2. The van der Waals surface area contributed by atoms with Gasteiger partial charge >= 0.3 is 12.2 Å². The van der Waals surface area contributed by atoms with Gasteiger partial charge in [0.15, 0.2) is 0 Å². The second-order valence-electron chi connectivity index (χ2n) is 8.05. The Bertz CT molecular complexity index is 1180. The monoisotopic (exact) mass is 459 g/mol. The van der Waals surface area contributed by atoms with Gasteiger partial charge < -0.3 is 10.2 Å². The zero-order valence-electron chi connectivity index (χ0n) is 18.9. The summed E-state index contributed by atoms with van der Waals surface area (Å²) in [6.45, 7) is 3.76. The van der Waals surface area contributed by atoms with Gasteiger partial charge in [-0.1, -0.05) is 6.07 Å². The molecule has 1 aromatic carbocycles. The van der Waals surface area contributed by atoms with E-state index in [1.165, 1.54) is 0 Å². The van der Waals surface area contributed by atoms with Gasteiger partial charge in [0.25, 0.3) is 0 Å². The number of carbonyl (C=O) groups is 2. The lowest BCUT2D eigenvalue weighted by Gasteiger charge is -2.10. The second kappa shape index (κ2) is 10.9. The second-order valence-corrected chi connectivity index (χ2v) is 8.05. The topological polar surface area (TPSA) is 148 Å². The molecule has 3 aromatic rings. The third kappa shape index (κ3) is 7.31. The average molecular weight is 460 g/mol. The van der Waals surface area contributed by atoms with Crippen molar-refractivity contribution in [1.82, 2.24) is 9.97 Å². The standard InChI is InChI=1S/C25H25N5O4/c1-15-7-20(27-22(9-15)29-24(31)32)5-3-17-11-18(13-19(12-17)14-26)4-6-21-8-16(2)10-23(28-21)30-25(33)34/h7-13H,3-6H2,1-2H3,(H,27,29)(H,28,30)(H,31,32)(H,33,34). The smallest absolute Gasteiger partial charge is 0.410 e. The SMILES string of the molecule is Cc1cc(CCc2cc(C#N)cc(CCc3cc(C)cc(NC(=O)O)n3)c2)nc(NC(=O)O)c1. The van der Waals surface area contributed by atoms with Crippen molar-refractivity contribution in [2.45, 2.75) is 39.5 Å². The van der Waals surface area contributed by atoms with Crippen molar-refractivity contribution in [3.8, 4) is 6.07 Å². The lowest BCUT2D eigenvalue weighted by atomic mass is 9.98. The van der Waals surface area contributed by atoms with Crippen LogP contribution >= 0.6 is 0 Å². The Balaban J connectivity index is 1.73. The Morgan fingerprint density at radius 2 is 1.21 bits per heavy atom. The molecule has 174 valence electrons. The number of amides is 2. The lowest BCUT2D eigenvalue weighted by molar-refractivity contribution is 0.208. The van der Waals surface area contributed by atoms with Crippen molar-refractivity contribution in [3.05, 3.63) is 81.7 Å². The van der Waals surface area contributed by atoms with E-state index in [0.717, 1.165) is 33.6 Å². The predicted octanol–water partition coefficient (Wildman–Crippen LogP) is 4.72. The van der Waals surface area contributed by atoms with Crippen LogP contribution in [-0.4, -0.2) is 32.4 Å². The number of rotatable bonds is 8. The average Bonchev–Trinajstić information content (AvgIpc) is 2.74. The van der Waals surface area contributed by atoms with Gasteiger partial charge in [-0.2, -0.15) is 5.26 Å². The highest BCUT2D eigenvalue weighted by Gasteiger charge is 2.08. The zero-order chi connectivity index (χ0) is 24.7. The first-order valence-corrected chi connectivity index (χ1v) is 10.7. The number of hydrogen-bond donors (Lipinski definition) is 4. The van der Waals surface area contributed by atoms with E-state index in [4.69, 9.17) is 10.2 Å². The van der Waals surface area contributed by atoms with E-state index in [0.29, 0.717) is 31.2 Å². The number of carboxylic acid groups (broad SMARTS) is 2. The van der Waals surface area contributed by atoms with Crippen LogP contribution in [0.3, 0.4) is 0 Å². The van der Waals surface area contributed by atoms with Crippen LogP contribution in [0.4, 0.5) is 21.2 Å². The summed E-state index contributed by atoms with van der Waals surface area (Å²) in [6.07, 6.45) is 0.137. The quantitative estimate of drug-likeness (QED) is 0.381. The molecule has 0 aliphatic heterocycles. The summed E-state index contributed by atoms with van der Waals surface area (Å²) in [7, 11) is 0. The largest absolute Gasteiger partial charge is 0.465 e. The van der Waals surface area contributed by atoms with E-state index >= 15 is 0 Å². The van der Waals surface area contributed by atoms with Gasteiger partial charge in [-0.3, -0.25) is 10.6 Å². The molecule has 0 saturated carbocycles. The summed E-state index contributed by atoms with van der Waals surface area (Å²) in [5.74, 6) is 0.577. The van der Waals surface area contributed by atoms with E-state index in [-0.39, 0.29) is 11.6 Å². The van der Waals surface area contributed by atoms with Crippen LogP contribution in [0.25, 0.3) is 0 Å². The molecular weight excluding hydrogens is 434 g/mol. The molecule has 0 aliphatic rings. The van der Waals surface area contributed by atoms with Crippen LogP contribution < -0.4 is 10.6 Å². The molecule has 34 heavy (non-hydrogen) atoms. The van der Waals surface area contributed by atoms with Gasteiger partial charge in [0.05, 0.1) is 11.6 Å². The van der Waals surface area contributed by atoms with Crippen LogP contribution in [0.2, 0.25) is 0 Å². The van der Waals surface area contributed by atoms with Crippen LogP contribution in [0.15, 0.2) is 42.5 Å². The molecule has 2 heterocycles. The Hall–Kier alpha value is -4.45. The number of aryl methyl sites for hydroxylation is 6. The molecule has 9 nitrogen and oxygen atoms in total. The first kappa shape index (κ1) is 24.2. The van der Waals surface area contributed by atoms with Crippen LogP contribution in [0.5, 0.6) is 0 Å². The molecule has 2 amide bonds. The Labute approximate surface area is 197 Å². The maximum atomic E-state index is 10.9. The normalized spacial score (nSPS) is 10.4. The number of nitrogens with zero attached hydrogens (tertiary/aromatic N) is 3. The minimum absolute atomic E-state index is 0.288. The van der Waals surface area contributed by atoms with Crippen LogP contribution in [0.1, 0.15) is 39.2 Å². The molecule has 0 fully saturated rings. The number of nitrogens with one attached hydrogen (secondary N) is 2. The molecule has 0 saturated heterocycles.